The van der Waals surface area contributed by atoms with Crippen molar-refractivity contribution < 1.29 is 22.2 Å². The van der Waals surface area contributed by atoms with E-state index in [1.807, 2.05) is 24.7 Å². The molecule has 0 N–H and O–H groups in total. The van der Waals surface area contributed by atoms with Crippen LogP contribution in [0.2, 0.25) is 0 Å². The molecule has 0 saturated heterocycles. The summed E-state index contributed by atoms with van der Waals surface area (Å²) in [5.74, 6) is 0. The molecule has 1 aromatic heterocycles. The van der Waals surface area contributed by atoms with Gasteiger partial charge in [0.2, 0.25) is 0 Å². The molecule has 2 rings (SSSR count). The third kappa shape index (κ3) is 6.31. The summed E-state index contributed by atoms with van der Waals surface area (Å²) in [7, 11) is -2.11. The Hall–Kier alpha value is -1.82. The Kier molecular flexibility index (Phi) is 6.17. The number of non-ortho nitro benzene ring substituents is 1. The lowest BCUT2D eigenvalue weighted by atomic mass is 10.2. The minimum Gasteiger partial charge on any atom is -0.418 e. The first kappa shape index (κ1) is 18.2. The molecule has 22 heavy (non-hydrogen) atoms. The third-order valence-electron chi connectivity index (χ3n) is 2.06. The van der Waals surface area contributed by atoms with E-state index >= 15 is 0 Å². The van der Waals surface area contributed by atoms with E-state index in [-0.39, 0.29) is 5.69 Å². The fourth-order valence-corrected chi connectivity index (χ4v) is 3.02. The molecule has 0 aliphatic carbocycles. The summed E-state index contributed by atoms with van der Waals surface area (Å²) in [6, 6.07) is 6.53. The fraction of sp³-hybridized carbons (Fsp3) is 0.200. The number of hydrogen-bond acceptors (Lipinski definition) is 5. The first-order valence-electron chi connectivity index (χ1n) is 5.67. The Bertz CT molecular complexity index is 719. The van der Waals surface area contributed by atoms with Crippen LogP contribution in [-0.4, -0.2) is 30.6 Å². The second-order valence-corrected chi connectivity index (χ2v) is 6.04. The predicted molar refractivity (Wildman–Crippen MR) is 79.4 cm³/mol. The van der Waals surface area contributed by atoms with Crippen molar-refractivity contribution >= 4 is 35.8 Å². The molecule has 0 bridgehead atoms. The largest absolute Gasteiger partial charge is 0.673 e. The number of aromatic nitrogens is 1. The highest BCUT2D eigenvalue weighted by atomic mass is 32.2. The van der Waals surface area contributed by atoms with Crippen molar-refractivity contribution in [2.24, 2.45) is 0 Å². The molecule has 12 heteroatoms. The van der Waals surface area contributed by atoms with Crippen LogP contribution >= 0.6 is 22.9 Å². The molecular weight excluding hydrogens is 345 g/mol. The maximum atomic E-state index is 10.7. The minimum absolute atomic E-state index is 0.0918. The molecule has 0 unspecified atom stereocenters. The first-order valence-corrected chi connectivity index (χ1v) is 7.26. The number of hydrogen-bond donors (Lipinski definition) is 0. The second kappa shape index (κ2) is 7.45. The average Bonchev–Trinajstić information content (AvgIpc) is 2.86. The number of rotatable bonds is 2. The van der Waals surface area contributed by atoms with Crippen LogP contribution in [0.15, 0.2) is 24.3 Å². The molecule has 0 saturated carbocycles. The van der Waals surface area contributed by atoms with Crippen LogP contribution in [0.5, 0.6) is 0 Å². The zero-order valence-electron chi connectivity index (χ0n) is 11.4. The highest BCUT2D eigenvalue weighted by molar-refractivity contribution is 7.25. The quantitative estimate of drug-likeness (QED) is 0.273. The molecular formula is C10H10BF4N3O2S2. The van der Waals surface area contributed by atoms with Crippen LogP contribution < -0.4 is 8.56 Å². The molecule has 120 valence electrons. The summed E-state index contributed by atoms with van der Waals surface area (Å²) in [6.45, 7) is 0. The molecule has 1 aromatic carbocycles. The highest BCUT2D eigenvalue weighted by Crippen LogP contribution is 2.24. The van der Waals surface area contributed by atoms with Gasteiger partial charge in [-0.25, -0.2) is 4.58 Å². The van der Waals surface area contributed by atoms with Gasteiger partial charge in [-0.3, -0.25) is 10.1 Å². The minimum atomic E-state index is -6.00. The Morgan fingerprint density at radius 3 is 2.27 bits per heavy atom. The van der Waals surface area contributed by atoms with E-state index < -0.39 is 12.2 Å². The van der Waals surface area contributed by atoms with Crippen molar-refractivity contribution in [3.63, 3.8) is 0 Å². The normalized spacial score (nSPS) is 10.6. The summed E-state index contributed by atoms with van der Waals surface area (Å²) in [4.78, 5) is 10.3. The van der Waals surface area contributed by atoms with E-state index in [0.717, 1.165) is 14.6 Å². The van der Waals surface area contributed by atoms with Crippen LogP contribution in [0, 0.1) is 10.1 Å². The van der Waals surface area contributed by atoms with Gasteiger partial charge in [0.05, 0.1) is 4.92 Å². The van der Waals surface area contributed by atoms with Gasteiger partial charge >= 0.3 is 11.2 Å². The lowest BCUT2D eigenvalue weighted by Crippen LogP contribution is -2.14. The number of halogens is 4. The van der Waals surface area contributed by atoms with Crippen LogP contribution in [0.3, 0.4) is 0 Å². The van der Waals surface area contributed by atoms with Crippen LogP contribution in [0.1, 0.15) is 0 Å². The second-order valence-electron chi connectivity index (χ2n) is 4.05. The zero-order chi connectivity index (χ0) is 16.9. The molecule has 5 nitrogen and oxygen atoms in total. The van der Waals surface area contributed by atoms with Gasteiger partial charge in [-0.15, -0.1) is 0 Å². The average molecular weight is 355 g/mol. The molecule has 0 aliphatic heterocycles. The smallest absolute Gasteiger partial charge is 0.418 e. The number of nitrogens with zero attached hydrogens (tertiary/aromatic N) is 3. The van der Waals surface area contributed by atoms with Crippen molar-refractivity contribution in [3.05, 3.63) is 38.4 Å². The van der Waals surface area contributed by atoms with E-state index in [1.54, 1.807) is 12.1 Å². The summed E-state index contributed by atoms with van der Waals surface area (Å²) in [6.07, 6.45) is 0. The lowest BCUT2D eigenvalue weighted by molar-refractivity contribution is -0.384. The summed E-state index contributed by atoms with van der Waals surface area (Å²) < 4.78 is 46.3. The van der Waals surface area contributed by atoms with Gasteiger partial charge in [0.15, 0.2) is 0 Å². The monoisotopic (exact) mass is 355 g/mol. The van der Waals surface area contributed by atoms with E-state index in [9.17, 15) is 27.4 Å². The number of nitro groups is 1. The molecule has 1 heterocycles. The standard InChI is InChI=1S/C10H10N3O2S2.BF4/c1-12(2)10-16-9(11-17-10)7-4-3-5-8(6-7)13(14)15;2-1(3,4)5/h3-6H,1-2H3;/q+1;-1. The zero-order valence-corrected chi connectivity index (χ0v) is 13.0. The van der Waals surface area contributed by atoms with Gasteiger partial charge in [0.25, 0.3) is 5.69 Å². The SMILES string of the molecule is C[N+](C)=c1snc(-c2cccc([N+](=O)[O-])c2)s1.F[B-](F)(F)F. The highest BCUT2D eigenvalue weighted by Gasteiger charge is 2.20. The van der Waals surface area contributed by atoms with Crippen LogP contribution in [-0.2, 0) is 0 Å². The maximum absolute atomic E-state index is 10.7. The molecule has 0 spiro atoms. The Labute approximate surface area is 130 Å². The molecule has 0 amide bonds. The third-order valence-corrected chi connectivity index (χ3v) is 4.50. The van der Waals surface area contributed by atoms with Crippen molar-refractivity contribution in [2.75, 3.05) is 14.1 Å². The Morgan fingerprint density at radius 2 is 1.82 bits per heavy atom. The maximum Gasteiger partial charge on any atom is 0.673 e. The molecule has 0 aliphatic rings. The van der Waals surface area contributed by atoms with Crippen molar-refractivity contribution in [1.29, 1.82) is 0 Å². The summed E-state index contributed by atoms with van der Waals surface area (Å²) in [5, 5.41) is 11.5. The molecule has 0 fully saturated rings. The van der Waals surface area contributed by atoms with E-state index in [4.69, 9.17) is 0 Å². The topological polar surface area (TPSA) is 59.0 Å². The Morgan fingerprint density at radius 1 is 1.23 bits per heavy atom. The van der Waals surface area contributed by atoms with Gasteiger partial charge in [-0.2, -0.15) is 4.37 Å². The molecule has 2 aromatic rings. The van der Waals surface area contributed by atoms with Gasteiger partial charge in [0.1, 0.15) is 19.1 Å². The van der Waals surface area contributed by atoms with Gasteiger partial charge in [-0.05, 0) is 11.3 Å². The number of nitro benzene ring substituents is 1. The molecule has 0 atom stereocenters. The summed E-state index contributed by atoms with van der Waals surface area (Å²) >= 11 is 2.92. The van der Waals surface area contributed by atoms with E-state index in [0.29, 0.717) is 0 Å². The van der Waals surface area contributed by atoms with Gasteiger partial charge in [0, 0.05) is 29.2 Å². The van der Waals surface area contributed by atoms with E-state index in [1.165, 1.54) is 28.9 Å². The van der Waals surface area contributed by atoms with E-state index in [2.05, 4.69) is 4.37 Å². The van der Waals surface area contributed by atoms with Crippen molar-refractivity contribution in [3.8, 4) is 10.6 Å². The first-order chi connectivity index (χ1) is 10.1. The molecule has 0 radical (unpaired) electrons. The lowest BCUT2D eigenvalue weighted by Gasteiger charge is -1.94. The predicted octanol–water partition coefficient (Wildman–Crippen LogP) is 3.11. The summed E-state index contributed by atoms with van der Waals surface area (Å²) in [5.41, 5.74) is 0.877. The van der Waals surface area contributed by atoms with Crippen molar-refractivity contribution in [1.82, 2.24) is 8.95 Å². The van der Waals surface area contributed by atoms with Crippen molar-refractivity contribution in [2.45, 2.75) is 0 Å². The number of benzene rings is 1. The van der Waals surface area contributed by atoms with Crippen LogP contribution in [0.4, 0.5) is 23.0 Å². The Balaban J connectivity index is 0.000000422. The van der Waals surface area contributed by atoms with Gasteiger partial charge < -0.3 is 17.3 Å². The van der Waals surface area contributed by atoms with Crippen LogP contribution in [0.25, 0.3) is 10.6 Å². The fourth-order valence-electron chi connectivity index (χ4n) is 1.24. The van der Waals surface area contributed by atoms with Gasteiger partial charge in [-0.1, -0.05) is 12.1 Å².